The third-order valence-corrected chi connectivity index (χ3v) is 1.76. The van der Waals surface area contributed by atoms with Crippen LogP contribution in [0.15, 0.2) is 18.2 Å². The van der Waals surface area contributed by atoms with E-state index >= 15 is 0 Å². The van der Waals surface area contributed by atoms with E-state index in [4.69, 9.17) is 16.2 Å². The first-order valence-electron chi connectivity index (χ1n) is 3.84. The van der Waals surface area contributed by atoms with Crippen molar-refractivity contribution in [2.24, 2.45) is 11.5 Å². The summed E-state index contributed by atoms with van der Waals surface area (Å²) in [6.45, 7) is 0. The lowest BCUT2D eigenvalue weighted by molar-refractivity contribution is 0.0964. The minimum Gasteiger partial charge on any atom is -0.496 e. The lowest BCUT2D eigenvalue weighted by Crippen LogP contribution is -2.21. The molecule has 74 valence electrons. The molecule has 0 saturated carbocycles. The minimum absolute atomic E-state index is 0.0162. The lowest BCUT2D eigenvalue weighted by atomic mass is 10.1. The molecule has 0 aliphatic rings. The fourth-order valence-corrected chi connectivity index (χ4v) is 1.16. The SMILES string of the molecule is COc1cccc(C(N)=O)c1C(N)=O. The fourth-order valence-electron chi connectivity index (χ4n) is 1.16. The second-order valence-electron chi connectivity index (χ2n) is 2.61. The van der Waals surface area contributed by atoms with Gasteiger partial charge >= 0.3 is 0 Å². The summed E-state index contributed by atoms with van der Waals surface area (Å²) in [5.41, 5.74) is 10.3. The number of carbonyl (C=O) groups excluding carboxylic acids is 2. The van der Waals surface area contributed by atoms with Crippen molar-refractivity contribution in [1.29, 1.82) is 0 Å². The number of rotatable bonds is 3. The molecule has 1 aromatic carbocycles. The van der Waals surface area contributed by atoms with Crippen molar-refractivity contribution in [3.8, 4) is 5.75 Å². The van der Waals surface area contributed by atoms with Crippen LogP contribution in [0.1, 0.15) is 20.7 Å². The van der Waals surface area contributed by atoms with Gasteiger partial charge in [0, 0.05) is 0 Å². The van der Waals surface area contributed by atoms with Crippen LogP contribution in [0.25, 0.3) is 0 Å². The highest BCUT2D eigenvalue weighted by molar-refractivity contribution is 6.07. The molecule has 1 aromatic rings. The second kappa shape index (κ2) is 3.78. The molecule has 2 amide bonds. The molecule has 5 nitrogen and oxygen atoms in total. The number of primary amides is 2. The molecule has 0 fully saturated rings. The summed E-state index contributed by atoms with van der Waals surface area (Å²) in [4.78, 5) is 22.0. The van der Waals surface area contributed by atoms with Gasteiger partial charge in [0.1, 0.15) is 5.75 Å². The third kappa shape index (κ3) is 1.66. The zero-order chi connectivity index (χ0) is 10.7. The molecular formula is C9H10N2O3. The molecule has 0 aliphatic carbocycles. The highest BCUT2D eigenvalue weighted by atomic mass is 16.5. The number of amides is 2. The van der Waals surface area contributed by atoms with Gasteiger partial charge in [-0.05, 0) is 12.1 Å². The first kappa shape index (κ1) is 10.0. The monoisotopic (exact) mass is 194 g/mol. The first-order valence-corrected chi connectivity index (χ1v) is 3.84. The molecule has 1 rings (SSSR count). The van der Waals surface area contributed by atoms with Gasteiger partial charge in [0.15, 0.2) is 0 Å². The van der Waals surface area contributed by atoms with E-state index in [0.717, 1.165) is 0 Å². The molecule has 5 heteroatoms. The van der Waals surface area contributed by atoms with Gasteiger partial charge < -0.3 is 16.2 Å². The number of carbonyl (C=O) groups is 2. The van der Waals surface area contributed by atoms with Crippen LogP contribution >= 0.6 is 0 Å². The van der Waals surface area contributed by atoms with Gasteiger partial charge in [-0.25, -0.2) is 0 Å². The molecule has 0 aromatic heterocycles. The molecule has 0 spiro atoms. The van der Waals surface area contributed by atoms with Crippen LogP contribution in [0.4, 0.5) is 0 Å². The van der Waals surface area contributed by atoms with E-state index in [1.807, 2.05) is 0 Å². The van der Waals surface area contributed by atoms with Gasteiger partial charge in [-0.2, -0.15) is 0 Å². The zero-order valence-electron chi connectivity index (χ0n) is 7.61. The minimum atomic E-state index is -0.740. The van der Waals surface area contributed by atoms with E-state index in [9.17, 15) is 9.59 Å². The van der Waals surface area contributed by atoms with Crippen molar-refractivity contribution in [2.45, 2.75) is 0 Å². The van der Waals surface area contributed by atoms with E-state index in [2.05, 4.69) is 0 Å². The Hall–Kier alpha value is -2.04. The van der Waals surface area contributed by atoms with Crippen molar-refractivity contribution in [3.63, 3.8) is 0 Å². The van der Waals surface area contributed by atoms with Crippen molar-refractivity contribution in [3.05, 3.63) is 29.3 Å². The maximum absolute atomic E-state index is 11.0. The maximum atomic E-state index is 11.0. The van der Waals surface area contributed by atoms with Crippen LogP contribution in [0.2, 0.25) is 0 Å². The second-order valence-corrected chi connectivity index (χ2v) is 2.61. The van der Waals surface area contributed by atoms with Gasteiger partial charge in [-0.3, -0.25) is 9.59 Å². The Kier molecular flexibility index (Phi) is 2.71. The fraction of sp³-hybridized carbons (Fsp3) is 0.111. The van der Waals surface area contributed by atoms with Gasteiger partial charge in [0.05, 0.1) is 18.2 Å². The van der Waals surface area contributed by atoms with Crippen LogP contribution in [0.3, 0.4) is 0 Å². The van der Waals surface area contributed by atoms with E-state index in [1.165, 1.54) is 19.2 Å². The van der Waals surface area contributed by atoms with E-state index in [0.29, 0.717) is 0 Å². The summed E-state index contributed by atoms with van der Waals surface area (Å²) in [6.07, 6.45) is 0. The van der Waals surface area contributed by atoms with Gasteiger partial charge in [0.25, 0.3) is 5.91 Å². The summed E-state index contributed by atoms with van der Waals surface area (Å²) in [5, 5.41) is 0. The predicted octanol–water partition coefficient (Wildman–Crippen LogP) is -0.107. The Morgan fingerprint density at radius 1 is 1.21 bits per heavy atom. The van der Waals surface area contributed by atoms with Crippen LogP contribution in [0, 0.1) is 0 Å². The molecular weight excluding hydrogens is 184 g/mol. The molecule has 0 heterocycles. The summed E-state index contributed by atoms with van der Waals surface area (Å²) in [6, 6.07) is 4.52. The largest absolute Gasteiger partial charge is 0.496 e. The maximum Gasteiger partial charge on any atom is 0.253 e. The molecule has 14 heavy (non-hydrogen) atoms. The summed E-state index contributed by atoms with van der Waals surface area (Å²) in [7, 11) is 1.38. The van der Waals surface area contributed by atoms with Crippen LogP contribution < -0.4 is 16.2 Å². The molecule has 0 bridgehead atoms. The number of methoxy groups -OCH3 is 1. The molecule has 0 aliphatic heterocycles. The Labute approximate surface area is 80.6 Å². The quantitative estimate of drug-likeness (QED) is 0.702. The van der Waals surface area contributed by atoms with Crippen molar-refractivity contribution in [1.82, 2.24) is 0 Å². The zero-order valence-corrected chi connectivity index (χ0v) is 7.61. The van der Waals surface area contributed by atoms with Crippen molar-refractivity contribution in [2.75, 3.05) is 7.11 Å². The topological polar surface area (TPSA) is 95.4 Å². The molecule has 4 N–H and O–H groups in total. The Balaban J connectivity index is 3.43. The van der Waals surface area contributed by atoms with Crippen LogP contribution in [0.5, 0.6) is 5.75 Å². The summed E-state index contributed by atoms with van der Waals surface area (Å²) in [5.74, 6) is -1.21. The molecule has 0 unspecified atom stereocenters. The average Bonchev–Trinajstić information content (AvgIpc) is 2.16. The molecule has 0 atom stereocenters. The highest BCUT2D eigenvalue weighted by Gasteiger charge is 2.17. The summed E-state index contributed by atoms with van der Waals surface area (Å²) < 4.78 is 4.89. The number of hydrogen-bond donors (Lipinski definition) is 2. The number of benzene rings is 1. The van der Waals surface area contributed by atoms with E-state index < -0.39 is 11.8 Å². The lowest BCUT2D eigenvalue weighted by Gasteiger charge is -2.08. The van der Waals surface area contributed by atoms with E-state index in [1.54, 1.807) is 6.07 Å². The van der Waals surface area contributed by atoms with Gasteiger partial charge in [0.2, 0.25) is 5.91 Å². The van der Waals surface area contributed by atoms with E-state index in [-0.39, 0.29) is 16.9 Å². The van der Waals surface area contributed by atoms with Crippen LogP contribution in [-0.4, -0.2) is 18.9 Å². The number of nitrogens with two attached hydrogens (primary N) is 2. The number of ether oxygens (including phenoxy) is 1. The Morgan fingerprint density at radius 3 is 2.29 bits per heavy atom. The predicted molar refractivity (Wildman–Crippen MR) is 50.0 cm³/mol. The average molecular weight is 194 g/mol. The highest BCUT2D eigenvalue weighted by Crippen LogP contribution is 2.21. The molecule has 0 saturated heterocycles. The standard InChI is InChI=1S/C9H10N2O3/c1-14-6-4-2-3-5(8(10)12)7(6)9(11)13/h2-4H,1H3,(H2,10,12)(H2,11,13). The number of hydrogen-bond acceptors (Lipinski definition) is 3. The first-order chi connectivity index (χ1) is 6.57. The normalized spacial score (nSPS) is 9.50. The Bertz CT molecular complexity index is 388. The molecule has 0 radical (unpaired) electrons. The van der Waals surface area contributed by atoms with Crippen LogP contribution in [-0.2, 0) is 0 Å². The van der Waals surface area contributed by atoms with Crippen molar-refractivity contribution >= 4 is 11.8 Å². The smallest absolute Gasteiger partial charge is 0.253 e. The van der Waals surface area contributed by atoms with Gasteiger partial charge in [-0.15, -0.1) is 0 Å². The summed E-state index contributed by atoms with van der Waals surface area (Å²) >= 11 is 0. The van der Waals surface area contributed by atoms with Gasteiger partial charge in [-0.1, -0.05) is 6.07 Å². The third-order valence-electron chi connectivity index (χ3n) is 1.76. The van der Waals surface area contributed by atoms with Crippen molar-refractivity contribution < 1.29 is 14.3 Å². The Morgan fingerprint density at radius 2 is 1.86 bits per heavy atom.